The van der Waals surface area contributed by atoms with Crippen molar-refractivity contribution in [3.05, 3.63) is 92.1 Å². The smallest absolute Gasteiger partial charge is 0.350 e. The van der Waals surface area contributed by atoms with Crippen molar-refractivity contribution in [1.82, 2.24) is 10.8 Å². The molecule has 2 N–H and O–H groups in total. The minimum atomic E-state index is -4.98. The van der Waals surface area contributed by atoms with E-state index < -0.39 is 39.1 Å². The van der Waals surface area contributed by atoms with Crippen LogP contribution in [0.5, 0.6) is 0 Å². The summed E-state index contributed by atoms with van der Waals surface area (Å²) in [5, 5.41) is 4.98. The number of hydroxylamine groups is 1. The summed E-state index contributed by atoms with van der Waals surface area (Å²) >= 11 is 11.5. The number of nitroso groups, excluding NO2 is 1. The van der Waals surface area contributed by atoms with Crippen LogP contribution in [0.1, 0.15) is 21.5 Å². The number of amides is 1. The molecule has 0 aliphatic carbocycles. The van der Waals surface area contributed by atoms with Crippen molar-refractivity contribution in [2.75, 3.05) is 13.1 Å². The molecule has 1 amide bonds. The van der Waals surface area contributed by atoms with Crippen LogP contribution in [0.25, 0.3) is 16.5 Å². The van der Waals surface area contributed by atoms with E-state index in [1.807, 2.05) is 0 Å². The van der Waals surface area contributed by atoms with Crippen LogP contribution in [0.4, 0.5) is 17.6 Å². The van der Waals surface area contributed by atoms with Crippen molar-refractivity contribution in [3.63, 3.8) is 0 Å². The monoisotopic (exact) mass is 527 g/mol. The lowest BCUT2D eigenvalue weighted by molar-refractivity contribution is -0.269. The van der Waals surface area contributed by atoms with Crippen molar-refractivity contribution in [2.45, 2.75) is 11.8 Å². The molecule has 6 nitrogen and oxygen atoms in total. The zero-order valence-corrected chi connectivity index (χ0v) is 19.1. The Morgan fingerprint density at radius 2 is 1.74 bits per heavy atom. The van der Waals surface area contributed by atoms with Gasteiger partial charge in [0.2, 0.25) is 5.60 Å². The molecule has 1 aliphatic rings. The third-order valence-corrected chi connectivity index (χ3v) is 6.00. The van der Waals surface area contributed by atoms with Gasteiger partial charge in [0, 0.05) is 23.2 Å². The average Bonchev–Trinajstić information content (AvgIpc) is 3.28. The van der Waals surface area contributed by atoms with Gasteiger partial charge < -0.3 is 5.32 Å². The van der Waals surface area contributed by atoms with Gasteiger partial charge in [0.25, 0.3) is 5.91 Å². The van der Waals surface area contributed by atoms with Crippen LogP contribution in [0.2, 0.25) is 10.0 Å². The summed E-state index contributed by atoms with van der Waals surface area (Å²) in [6, 6.07) is 11.1. The molecule has 1 unspecified atom stereocenters. The molecule has 0 bridgehead atoms. The highest BCUT2D eigenvalue weighted by Gasteiger charge is 2.60. The van der Waals surface area contributed by atoms with Crippen molar-refractivity contribution in [1.29, 1.82) is 0 Å². The predicted octanol–water partition coefficient (Wildman–Crippen LogP) is 6.12. The highest BCUT2D eigenvalue weighted by atomic mass is 35.5. The summed E-state index contributed by atoms with van der Waals surface area (Å²) in [4.78, 5) is 27.9. The zero-order chi connectivity index (χ0) is 25.4. The first-order chi connectivity index (χ1) is 16.6. The summed E-state index contributed by atoms with van der Waals surface area (Å²) in [6.07, 6.45) is -4.17. The fourth-order valence-corrected chi connectivity index (χ4v) is 4.28. The number of nitrogens with one attached hydrogen (secondary N) is 2. The zero-order valence-electron chi connectivity index (χ0n) is 17.6. The maximum Gasteiger partial charge on any atom is 0.428 e. The molecule has 4 rings (SSSR count). The predicted molar refractivity (Wildman–Crippen MR) is 123 cm³/mol. The molecule has 0 radical (unpaired) electrons. The number of halogens is 6. The number of alkyl halides is 3. The Labute approximate surface area is 205 Å². The number of benzene rings is 3. The van der Waals surface area contributed by atoms with Gasteiger partial charge in [-0.05, 0) is 35.0 Å². The largest absolute Gasteiger partial charge is 0.428 e. The molecule has 1 heterocycles. The minimum Gasteiger partial charge on any atom is -0.350 e. The van der Waals surface area contributed by atoms with E-state index in [2.05, 4.69) is 16.0 Å². The van der Waals surface area contributed by atoms with Crippen LogP contribution >= 0.6 is 23.2 Å². The van der Waals surface area contributed by atoms with E-state index in [1.54, 1.807) is 24.3 Å². The highest BCUT2D eigenvalue weighted by Crippen LogP contribution is 2.49. The van der Waals surface area contributed by atoms with Crippen LogP contribution in [0.3, 0.4) is 0 Å². The first kappa shape index (κ1) is 24.9. The molecule has 0 spiro atoms. The summed E-state index contributed by atoms with van der Waals surface area (Å²) < 4.78 is 56.8. The van der Waals surface area contributed by atoms with E-state index in [4.69, 9.17) is 28.0 Å². The molecule has 0 saturated heterocycles. The van der Waals surface area contributed by atoms with Crippen LogP contribution < -0.4 is 10.8 Å². The van der Waals surface area contributed by atoms with E-state index in [9.17, 15) is 27.3 Å². The third kappa shape index (κ3) is 4.44. The normalized spacial score (nSPS) is 17.7. The Morgan fingerprint density at radius 3 is 2.37 bits per heavy atom. The van der Waals surface area contributed by atoms with Gasteiger partial charge in [0.1, 0.15) is 0 Å². The molecule has 182 valence electrons. The van der Waals surface area contributed by atoms with Gasteiger partial charge in [-0.25, -0.2) is 4.39 Å². The van der Waals surface area contributed by atoms with Gasteiger partial charge in [0.05, 0.1) is 22.3 Å². The Bertz CT molecular complexity index is 1340. The lowest BCUT2D eigenvalue weighted by Gasteiger charge is -2.28. The number of carbonyl (C=O) groups is 1. The van der Waals surface area contributed by atoms with Crippen LogP contribution in [0.15, 0.2) is 59.8 Å². The molecule has 0 aromatic heterocycles. The summed E-state index contributed by atoms with van der Waals surface area (Å²) in [7, 11) is 0. The fourth-order valence-electron chi connectivity index (χ4n) is 3.79. The van der Waals surface area contributed by atoms with E-state index in [-0.39, 0.29) is 24.4 Å². The summed E-state index contributed by atoms with van der Waals surface area (Å²) in [5.41, 5.74) is -0.673. The highest BCUT2D eigenvalue weighted by molar-refractivity contribution is 6.35. The van der Waals surface area contributed by atoms with E-state index in [0.717, 1.165) is 18.2 Å². The maximum atomic E-state index is 14.3. The second-order valence-corrected chi connectivity index (χ2v) is 8.38. The third-order valence-electron chi connectivity index (χ3n) is 5.45. The molecular formula is C23H15Cl2F4N3O3. The van der Waals surface area contributed by atoms with E-state index >= 15 is 0 Å². The fraction of sp³-hybridized carbons (Fsp3) is 0.174. The van der Waals surface area contributed by atoms with Crippen LogP contribution in [0, 0.1) is 10.7 Å². The van der Waals surface area contributed by atoms with Crippen molar-refractivity contribution in [2.24, 2.45) is 5.18 Å². The molecule has 0 saturated carbocycles. The molecule has 3 aromatic rings. The van der Waals surface area contributed by atoms with Crippen molar-refractivity contribution < 1.29 is 27.2 Å². The van der Waals surface area contributed by atoms with Crippen molar-refractivity contribution in [3.8, 4) is 0 Å². The Balaban J connectivity index is 1.83. The maximum absolute atomic E-state index is 14.3. The van der Waals surface area contributed by atoms with E-state index in [1.165, 1.54) is 12.1 Å². The minimum absolute atomic E-state index is 0.0350. The molecule has 12 heteroatoms. The number of nitrogens with zero attached hydrogens (tertiary/aromatic N) is 1. The number of hydrogen-bond donors (Lipinski definition) is 2. The molecule has 35 heavy (non-hydrogen) atoms. The molecule has 1 aliphatic heterocycles. The first-order valence-corrected chi connectivity index (χ1v) is 10.8. The van der Waals surface area contributed by atoms with Gasteiger partial charge in [-0.2, -0.15) is 18.1 Å². The molecule has 3 aromatic carbocycles. The number of fused-ring (bicyclic) bond motifs is 1. The topological polar surface area (TPSA) is 79.8 Å². The molecule has 0 fully saturated rings. The second-order valence-electron chi connectivity index (χ2n) is 7.56. The van der Waals surface area contributed by atoms with Crippen LogP contribution in [-0.4, -0.2) is 25.2 Å². The lowest BCUT2D eigenvalue weighted by atomic mass is 9.90. The van der Waals surface area contributed by atoms with Gasteiger partial charge in [-0.15, -0.1) is 0 Å². The Hall–Kier alpha value is -3.21. The summed E-state index contributed by atoms with van der Waals surface area (Å²) in [6.45, 7) is -0.0668. The van der Waals surface area contributed by atoms with Gasteiger partial charge in [-0.1, -0.05) is 58.7 Å². The quantitative estimate of drug-likeness (QED) is 0.175. The van der Waals surface area contributed by atoms with Crippen LogP contribution in [-0.2, 0) is 10.4 Å². The van der Waals surface area contributed by atoms with Gasteiger partial charge >= 0.3 is 6.18 Å². The van der Waals surface area contributed by atoms with E-state index in [0.29, 0.717) is 16.3 Å². The number of hydrogen-bond acceptors (Lipinski definition) is 5. The Kier molecular flexibility index (Phi) is 6.72. The SMILES string of the molecule is O=NCCNC(=O)c1ccc(C2=CC(c3cc(Cl)c(F)c(Cl)c3)(C(F)(F)F)ON2)c2ccccc12. The second kappa shape index (κ2) is 9.44. The number of carbonyl (C=O) groups excluding carboxylic acids is 1. The Morgan fingerprint density at radius 1 is 1.09 bits per heavy atom. The number of rotatable bonds is 6. The average molecular weight is 528 g/mol. The molecular weight excluding hydrogens is 513 g/mol. The lowest BCUT2D eigenvalue weighted by Crippen LogP contribution is -2.42. The van der Waals surface area contributed by atoms with Crippen molar-refractivity contribution >= 4 is 45.6 Å². The van der Waals surface area contributed by atoms with Gasteiger partial charge in [-0.3, -0.25) is 15.1 Å². The first-order valence-electron chi connectivity index (χ1n) is 10.1. The standard InChI is InChI=1S/C23H15Cl2F4N3O3/c24-17-9-12(10-18(25)20(17)26)22(23(27,28)29)11-19(32-35-22)15-5-6-16(21(33)30-7-8-31-34)14-4-2-1-3-13(14)15/h1-6,9-11,32H,7-8H2,(H,30,33). The van der Waals surface area contributed by atoms with Gasteiger partial charge in [0.15, 0.2) is 5.82 Å². The molecule has 1 atom stereocenters. The summed E-state index contributed by atoms with van der Waals surface area (Å²) in [5.74, 6) is -1.52.